The highest BCUT2D eigenvalue weighted by Gasteiger charge is 2.19. The number of likely N-dealkylation sites (tertiary alicyclic amines) is 1. The Morgan fingerprint density at radius 1 is 1.04 bits per heavy atom. The molecule has 1 fully saturated rings. The highest BCUT2D eigenvalue weighted by Crippen LogP contribution is 2.21. The number of hydrogen-bond donors (Lipinski definition) is 2. The Morgan fingerprint density at radius 3 is 2.56 bits per heavy atom. The fourth-order valence-corrected chi connectivity index (χ4v) is 3.24. The first-order valence-corrected chi connectivity index (χ1v) is 9.10. The Morgan fingerprint density at radius 2 is 1.80 bits per heavy atom. The van der Waals surface area contributed by atoms with Gasteiger partial charge in [-0.2, -0.15) is 0 Å². The van der Waals surface area contributed by atoms with E-state index in [0.717, 1.165) is 36.1 Å². The summed E-state index contributed by atoms with van der Waals surface area (Å²) in [5, 5.41) is 5.91. The third-order valence-electron chi connectivity index (χ3n) is 4.10. The number of anilines is 2. The third-order valence-corrected chi connectivity index (χ3v) is 4.79. The van der Waals surface area contributed by atoms with Crippen molar-refractivity contribution in [3.63, 3.8) is 0 Å². The molecular weight excluding hydrogens is 382 g/mol. The van der Waals surface area contributed by atoms with Crippen LogP contribution in [0.15, 0.2) is 53.0 Å². The number of nitrogens with one attached hydrogen (secondary N) is 2. The smallest absolute Gasteiger partial charge is 0.253 e. The molecule has 0 aliphatic carbocycles. The summed E-state index contributed by atoms with van der Waals surface area (Å²) in [6.45, 7) is 1.77. The van der Waals surface area contributed by atoms with Gasteiger partial charge in [-0.15, -0.1) is 0 Å². The Kier molecular flexibility index (Phi) is 5.71. The van der Waals surface area contributed by atoms with Crippen LogP contribution in [0.5, 0.6) is 0 Å². The van der Waals surface area contributed by atoms with Gasteiger partial charge in [-0.25, -0.2) is 0 Å². The number of rotatable bonds is 5. The Hall–Kier alpha value is -2.34. The van der Waals surface area contributed by atoms with Crippen molar-refractivity contribution < 1.29 is 9.59 Å². The Bertz CT molecular complexity index is 773. The van der Waals surface area contributed by atoms with E-state index in [4.69, 9.17) is 0 Å². The summed E-state index contributed by atoms with van der Waals surface area (Å²) < 4.78 is 0.904. The van der Waals surface area contributed by atoms with Crippen molar-refractivity contribution in [3.8, 4) is 0 Å². The minimum absolute atomic E-state index is 0.0277. The average Bonchev–Trinajstić information content (AvgIpc) is 3.15. The number of carbonyl (C=O) groups excluding carboxylic acids is 2. The summed E-state index contributed by atoms with van der Waals surface area (Å²) in [6, 6.07) is 14.7. The lowest BCUT2D eigenvalue weighted by Crippen LogP contribution is -2.27. The lowest BCUT2D eigenvalue weighted by molar-refractivity contribution is -0.114. The van der Waals surface area contributed by atoms with E-state index >= 15 is 0 Å². The van der Waals surface area contributed by atoms with Crippen LogP contribution in [0, 0.1) is 0 Å². The minimum Gasteiger partial charge on any atom is -0.375 e. The number of para-hydroxylation sites is 1. The van der Waals surface area contributed by atoms with Crippen molar-refractivity contribution in [2.45, 2.75) is 12.8 Å². The number of benzene rings is 2. The second-order valence-corrected chi connectivity index (χ2v) is 6.82. The molecule has 0 unspecified atom stereocenters. The van der Waals surface area contributed by atoms with Crippen LogP contribution in [0.4, 0.5) is 11.4 Å². The number of carbonyl (C=O) groups is 2. The third kappa shape index (κ3) is 4.60. The van der Waals surface area contributed by atoms with Crippen molar-refractivity contribution in [2.75, 3.05) is 30.3 Å². The predicted molar refractivity (Wildman–Crippen MR) is 103 cm³/mol. The van der Waals surface area contributed by atoms with Crippen LogP contribution in [0.2, 0.25) is 0 Å². The van der Waals surface area contributed by atoms with E-state index in [-0.39, 0.29) is 18.4 Å². The van der Waals surface area contributed by atoms with E-state index in [9.17, 15) is 9.59 Å². The molecule has 2 amide bonds. The van der Waals surface area contributed by atoms with E-state index in [0.29, 0.717) is 11.3 Å². The zero-order valence-electron chi connectivity index (χ0n) is 13.8. The first-order valence-electron chi connectivity index (χ1n) is 8.31. The van der Waals surface area contributed by atoms with Gasteiger partial charge in [0.25, 0.3) is 5.91 Å². The number of amides is 2. The molecule has 1 aliphatic heterocycles. The van der Waals surface area contributed by atoms with E-state index in [1.54, 1.807) is 24.3 Å². The Labute approximate surface area is 155 Å². The first-order chi connectivity index (χ1) is 12.1. The molecule has 1 heterocycles. The van der Waals surface area contributed by atoms with Crippen LogP contribution in [-0.4, -0.2) is 36.3 Å². The van der Waals surface area contributed by atoms with Crippen molar-refractivity contribution in [3.05, 3.63) is 58.6 Å². The van der Waals surface area contributed by atoms with Gasteiger partial charge in [0.05, 0.1) is 6.54 Å². The molecule has 0 aromatic heterocycles. The van der Waals surface area contributed by atoms with E-state index in [2.05, 4.69) is 26.6 Å². The van der Waals surface area contributed by atoms with Crippen LogP contribution in [0.3, 0.4) is 0 Å². The molecule has 5 nitrogen and oxygen atoms in total. The van der Waals surface area contributed by atoms with E-state index in [1.165, 1.54) is 0 Å². The second kappa shape index (κ2) is 8.16. The molecule has 0 bridgehead atoms. The fourth-order valence-electron chi connectivity index (χ4n) is 2.82. The summed E-state index contributed by atoms with van der Waals surface area (Å²) in [5.41, 5.74) is 2.10. The highest BCUT2D eigenvalue weighted by atomic mass is 79.9. The molecule has 1 aliphatic rings. The van der Waals surface area contributed by atoms with Gasteiger partial charge in [-0.05, 0) is 59.1 Å². The standard InChI is InChI=1S/C19H20BrN3O2/c20-16-8-1-2-9-17(16)21-13-18(24)22-15-7-5-6-14(12-15)19(25)23-10-3-4-11-23/h1-2,5-9,12,21H,3-4,10-11,13H2,(H,22,24). The molecule has 25 heavy (non-hydrogen) atoms. The zero-order valence-corrected chi connectivity index (χ0v) is 15.4. The van der Waals surface area contributed by atoms with Gasteiger partial charge in [-0.3, -0.25) is 9.59 Å². The lowest BCUT2D eigenvalue weighted by atomic mass is 10.1. The topological polar surface area (TPSA) is 61.4 Å². The van der Waals surface area contributed by atoms with E-state index < -0.39 is 0 Å². The van der Waals surface area contributed by atoms with Crippen LogP contribution in [0.1, 0.15) is 23.2 Å². The molecule has 0 atom stereocenters. The van der Waals surface area contributed by atoms with Gasteiger partial charge in [0, 0.05) is 34.5 Å². The maximum Gasteiger partial charge on any atom is 0.253 e. The van der Waals surface area contributed by atoms with Crippen molar-refractivity contribution in [1.82, 2.24) is 4.90 Å². The van der Waals surface area contributed by atoms with Crippen molar-refractivity contribution in [1.29, 1.82) is 0 Å². The highest BCUT2D eigenvalue weighted by molar-refractivity contribution is 9.10. The number of halogens is 1. The van der Waals surface area contributed by atoms with Crippen LogP contribution < -0.4 is 10.6 Å². The predicted octanol–water partition coefficient (Wildman–Crippen LogP) is 3.74. The van der Waals surface area contributed by atoms with Crippen molar-refractivity contribution >= 4 is 39.1 Å². The molecule has 2 N–H and O–H groups in total. The molecule has 0 spiro atoms. The molecular formula is C19H20BrN3O2. The molecule has 2 aromatic rings. The average molecular weight is 402 g/mol. The molecule has 0 radical (unpaired) electrons. The van der Waals surface area contributed by atoms with Gasteiger partial charge in [-0.1, -0.05) is 18.2 Å². The lowest BCUT2D eigenvalue weighted by Gasteiger charge is -2.16. The molecule has 130 valence electrons. The summed E-state index contributed by atoms with van der Waals surface area (Å²) in [7, 11) is 0. The zero-order chi connectivity index (χ0) is 17.6. The van der Waals surface area contributed by atoms with Crippen molar-refractivity contribution in [2.24, 2.45) is 0 Å². The molecule has 2 aromatic carbocycles. The van der Waals surface area contributed by atoms with E-state index in [1.807, 2.05) is 29.2 Å². The van der Waals surface area contributed by atoms with Gasteiger partial charge in [0.15, 0.2) is 0 Å². The van der Waals surface area contributed by atoms with Gasteiger partial charge in [0.1, 0.15) is 0 Å². The van der Waals surface area contributed by atoms with Gasteiger partial charge in [0.2, 0.25) is 5.91 Å². The monoisotopic (exact) mass is 401 g/mol. The maximum atomic E-state index is 12.4. The molecule has 1 saturated heterocycles. The molecule has 3 rings (SSSR count). The maximum absolute atomic E-state index is 12.4. The van der Waals surface area contributed by atoms with Gasteiger partial charge >= 0.3 is 0 Å². The van der Waals surface area contributed by atoms with Crippen LogP contribution >= 0.6 is 15.9 Å². The summed E-state index contributed by atoms with van der Waals surface area (Å²) in [5.74, 6) is -0.138. The normalized spacial score (nSPS) is 13.6. The largest absolute Gasteiger partial charge is 0.375 e. The fraction of sp³-hybridized carbons (Fsp3) is 0.263. The number of hydrogen-bond acceptors (Lipinski definition) is 3. The summed E-state index contributed by atoms with van der Waals surface area (Å²) in [4.78, 5) is 26.4. The SMILES string of the molecule is O=C(CNc1ccccc1Br)Nc1cccc(C(=O)N2CCCC2)c1. The quantitative estimate of drug-likeness (QED) is 0.801. The van der Waals surface area contributed by atoms with Crippen LogP contribution in [-0.2, 0) is 4.79 Å². The number of nitrogens with zero attached hydrogens (tertiary/aromatic N) is 1. The Balaban J connectivity index is 1.59. The summed E-state index contributed by atoms with van der Waals surface area (Å²) in [6.07, 6.45) is 2.12. The first kappa shape index (κ1) is 17.5. The summed E-state index contributed by atoms with van der Waals surface area (Å²) >= 11 is 3.43. The van der Waals surface area contributed by atoms with Gasteiger partial charge < -0.3 is 15.5 Å². The second-order valence-electron chi connectivity index (χ2n) is 5.96. The minimum atomic E-state index is -0.165. The van der Waals surface area contributed by atoms with Crippen LogP contribution in [0.25, 0.3) is 0 Å². The molecule has 0 saturated carbocycles. The molecule has 6 heteroatoms.